The highest BCUT2D eigenvalue weighted by Gasteiger charge is 2.39. The monoisotopic (exact) mass is 340 g/mol. The first-order valence-corrected chi connectivity index (χ1v) is 9.52. The summed E-state index contributed by atoms with van der Waals surface area (Å²) in [6, 6.07) is 10.9. The van der Waals surface area contributed by atoms with Crippen molar-refractivity contribution in [3.05, 3.63) is 47.7 Å². The maximum absolute atomic E-state index is 12.0. The molecule has 3 N–H and O–H groups in total. The molecule has 1 aromatic rings. The first kappa shape index (κ1) is 16.6. The van der Waals surface area contributed by atoms with Crippen LogP contribution in [0.25, 0.3) is 0 Å². The number of carbonyl (C=O) groups excluding carboxylic acids is 1. The summed E-state index contributed by atoms with van der Waals surface area (Å²) in [5.41, 5.74) is 8.08. The van der Waals surface area contributed by atoms with E-state index in [2.05, 4.69) is 51.4 Å². The fourth-order valence-corrected chi connectivity index (χ4v) is 4.09. The van der Waals surface area contributed by atoms with Gasteiger partial charge in [0.1, 0.15) is 0 Å². The van der Waals surface area contributed by atoms with Crippen molar-refractivity contribution in [1.29, 1.82) is 0 Å². The van der Waals surface area contributed by atoms with Gasteiger partial charge in [0, 0.05) is 31.4 Å². The molecular weight excluding hydrogens is 312 g/mol. The summed E-state index contributed by atoms with van der Waals surface area (Å²) < 4.78 is 0. The molecule has 1 aliphatic carbocycles. The minimum Gasteiger partial charge on any atom is -0.352 e. The first-order valence-electron chi connectivity index (χ1n) is 9.52. The van der Waals surface area contributed by atoms with Crippen molar-refractivity contribution < 1.29 is 4.79 Å². The molecule has 5 heteroatoms. The molecule has 2 unspecified atom stereocenters. The van der Waals surface area contributed by atoms with Crippen molar-refractivity contribution in [1.82, 2.24) is 21.1 Å². The van der Waals surface area contributed by atoms with Gasteiger partial charge in [-0.25, -0.2) is 5.43 Å². The molecule has 4 rings (SSSR count). The maximum Gasteiger partial charge on any atom is 0.250 e. The number of nitrogens with zero attached hydrogens (tertiary/aromatic N) is 1. The third-order valence-electron chi connectivity index (χ3n) is 5.82. The normalized spacial score (nSPS) is 26.8. The molecule has 1 amide bonds. The highest BCUT2D eigenvalue weighted by Crippen LogP contribution is 2.47. The van der Waals surface area contributed by atoms with Crippen LogP contribution in [0.1, 0.15) is 30.7 Å². The molecule has 5 nitrogen and oxygen atoms in total. The minimum absolute atomic E-state index is 0.0589. The van der Waals surface area contributed by atoms with E-state index in [-0.39, 0.29) is 5.91 Å². The van der Waals surface area contributed by atoms with Crippen LogP contribution in [0.5, 0.6) is 0 Å². The van der Waals surface area contributed by atoms with Crippen LogP contribution in [0.2, 0.25) is 0 Å². The van der Waals surface area contributed by atoms with Crippen LogP contribution < -0.4 is 16.2 Å². The van der Waals surface area contributed by atoms with Gasteiger partial charge in [0.05, 0.1) is 0 Å². The largest absolute Gasteiger partial charge is 0.352 e. The lowest BCUT2D eigenvalue weighted by Gasteiger charge is -2.32. The lowest BCUT2D eigenvalue weighted by Crippen LogP contribution is -2.40. The number of carbonyl (C=O) groups is 1. The molecular formula is C20H28N4O. The fourth-order valence-electron chi connectivity index (χ4n) is 4.09. The standard InChI is InChI=1S/C20H28N4O/c25-20(18-12-22-23-13-18)21-11-15-6-8-24(9-7-15)14-17-10-19(17)16-4-2-1-3-5-16/h1-5,12,15,17,19,22-23H,6-11,13-14H2,(H,21,25). The Hall–Kier alpha value is -1.85. The molecule has 2 fully saturated rings. The topological polar surface area (TPSA) is 56.4 Å². The van der Waals surface area contributed by atoms with Gasteiger partial charge < -0.3 is 15.6 Å². The Morgan fingerprint density at radius 3 is 2.72 bits per heavy atom. The second kappa shape index (κ2) is 7.58. The SMILES string of the molecule is O=C(NCC1CCN(CC2CC2c2ccccc2)CC1)C1=CNNC1. The molecule has 0 aromatic heterocycles. The van der Waals surface area contributed by atoms with Gasteiger partial charge in [-0.15, -0.1) is 0 Å². The number of amides is 1. The van der Waals surface area contributed by atoms with E-state index < -0.39 is 0 Å². The highest BCUT2D eigenvalue weighted by atomic mass is 16.1. The molecule has 1 saturated heterocycles. The molecule has 2 atom stereocenters. The zero-order valence-electron chi connectivity index (χ0n) is 14.7. The van der Waals surface area contributed by atoms with Crippen LogP contribution in [0, 0.1) is 11.8 Å². The summed E-state index contributed by atoms with van der Waals surface area (Å²) in [4.78, 5) is 14.6. The zero-order valence-corrected chi connectivity index (χ0v) is 14.7. The van der Waals surface area contributed by atoms with E-state index in [1.807, 2.05) is 0 Å². The summed E-state index contributed by atoms with van der Waals surface area (Å²) in [5.74, 6) is 2.30. The van der Waals surface area contributed by atoms with E-state index in [1.165, 1.54) is 44.5 Å². The molecule has 0 spiro atoms. The Morgan fingerprint density at radius 1 is 1.20 bits per heavy atom. The minimum atomic E-state index is 0.0589. The average Bonchev–Trinajstić information content (AvgIpc) is 3.19. The molecule has 0 radical (unpaired) electrons. The van der Waals surface area contributed by atoms with Gasteiger partial charge in [0.25, 0.3) is 0 Å². The van der Waals surface area contributed by atoms with Crippen LogP contribution in [0.4, 0.5) is 0 Å². The Labute approximate surface area is 149 Å². The van der Waals surface area contributed by atoms with Gasteiger partial charge in [0.15, 0.2) is 0 Å². The summed E-state index contributed by atoms with van der Waals surface area (Å²) in [5, 5.41) is 3.09. The Morgan fingerprint density at radius 2 is 2.00 bits per heavy atom. The van der Waals surface area contributed by atoms with Crippen molar-refractivity contribution in [3.63, 3.8) is 0 Å². The quantitative estimate of drug-likeness (QED) is 0.736. The van der Waals surface area contributed by atoms with E-state index in [9.17, 15) is 4.79 Å². The highest BCUT2D eigenvalue weighted by molar-refractivity contribution is 5.94. The second-order valence-electron chi connectivity index (χ2n) is 7.63. The third-order valence-corrected chi connectivity index (χ3v) is 5.82. The van der Waals surface area contributed by atoms with Gasteiger partial charge in [-0.2, -0.15) is 0 Å². The van der Waals surface area contributed by atoms with Crippen molar-refractivity contribution in [2.45, 2.75) is 25.2 Å². The maximum atomic E-state index is 12.0. The first-order chi connectivity index (χ1) is 12.3. The lowest BCUT2D eigenvalue weighted by molar-refractivity contribution is -0.117. The molecule has 0 bridgehead atoms. The molecule has 3 aliphatic rings. The van der Waals surface area contributed by atoms with Gasteiger partial charge >= 0.3 is 0 Å². The molecule has 134 valence electrons. The van der Waals surface area contributed by atoms with E-state index in [1.54, 1.807) is 6.20 Å². The van der Waals surface area contributed by atoms with Gasteiger partial charge in [0.2, 0.25) is 5.91 Å². The van der Waals surface area contributed by atoms with Crippen molar-refractivity contribution >= 4 is 5.91 Å². The van der Waals surface area contributed by atoms with Crippen LogP contribution in [0.3, 0.4) is 0 Å². The average molecular weight is 340 g/mol. The zero-order chi connectivity index (χ0) is 17.1. The van der Waals surface area contributed by atoms with Crippen molar-refractivity contribution in [2.75, 3.05) is 32.7 Å². The van der Waals surface area contributed by atoms with Gasteiger partial charge in [-0.3, -0.25) is 4.79 Å². The van der Waals surface area contributed by atoms with E-state index >= 15 is 0 Å². The van der Waals surface area contributed by atoms with Crippen molar-refractivity contribution in [2.24, 2.45) is 11.8 Å². The Bertz CT molecular complexity index is 622. The number of hydrazine groups is 1. The molecule has 1 aromatic carbocycles. The van der Waals surface area contributed by atoms with Crippen LogP contribution in [0.15, 0.2) is 42.1 Å². The second-order valence-corrected chi connectivity index (χ2v) is 7.63. The number of likely N-dealkylation sites (tertiary alicyclic amines) is 1. The van der Waals surface area contributed by atoms with E-state index in [0.29, 0.717) is 12.5 Å². The van der Waals surface area contributed by atoms with Crippen molar-refractivity contribution in [3.8, 4) is 0 Å². The smallest absolute Gasteiger partial charge is 0.250 e. The lowest BCUT2D eigenvalue weighted by atomic mass is 9.96. The van der Waals surface area contributed by atoms with Gasteiger partial charge in [-0.05, 0) is 55.7 Å². The van der Waals surface area contributed by atoms with Gasteiger partial charge in [-0.1, -0.05) is 30.3 Å². The van der Waals surface area contributed by atoms with Crippen LogP contribution in [-0.2, 0) is 4.79 Å². The number of rotatable bonds is 6. The van der Waals surface area contributed by atoms with Crippen LogP contribution in [-0.4, -0.2) is 43.5 Å². The van der Waals surface area contributed by atoms with E-state index in [4.69, 9.17) is 0 Å². The Balaban J connectivity index is 1.15. The predicted octanol–water partition coefficient (Wildman–Crippen LogP) is 1.61. The number of benzene rings is 1. The fraction of sp³-hybridized carbons (Fsp3) is 0.550. The molecule has 2 heterocycles. The Kier molecular flexibility index (Phi) is 5.04. The number of hydrogen-bond acceptors (Lipinski definition) is 4. The summed E-state index contributed by atoms with van der Waals surface area (Å²) in [6.45, 7) is 4.99. The van der Waals surface area contributed by atoms with E-state index in [0.717, 1.165) is 24.0 Å². The van der Waals surface area contributed by atoms with Crippen LogP contribution >= 0.6 is 0 Å². The summed E-state index contributed by atoms with van der Waals surface area (Å²) >= 11 is 0. The molecule has 25 heavy (non-hydrogen) atoms. The number of piperidine rings is 1. The third kappa shape index (κ3) is 4.22. The molecule has 1 saturated carbocycles. The predicted molar refractivity (Wildman–Crippen MR) is 98.7 cm³/mol. The number of hydrogen-bond donors (Lipinski definition) is 3. The summed E-state index contributed by atoms with van der Waals surface area (Å²) in [7, 11) is 0. The number of nitrogens with one attached hydrogen (secondary N) is 3. The summed E-state index contributed by atoms with van der Waals surface area (Å²) in [6.07, 6.45) is 5.48. The molecule has 2 aliphatic heterocycles.